The van der Waals surface area contributed by atoms with Gasteiger partial charge in [0, 0.05) is 6.42 Å². The van der Waals surface area contributed by atoms with E-state index in [9.17, 15) is 4.46 Å². The molecule has 0 amide bonds. The maximum Gasteiger partial charge on any atom is 2.00 e. The van der Waals surface area contributed by atoms with Crippen LogP contribution in [0.4, 0.5) is 0 Å². The fourth-order valence-electron chi connectivity index (χ4n) is 0.200. The van der Waals surface area contributed by atoms with Crippen LogP contribution in [-0.4, -0.2) is 65.8 Å². The minimum Gasteiger partial charge on any atom is -1.00 e. The largest absolute Gasteiger partial charge is 2.00 e. The van der Waals surface area contributed by atoms with Gasteiger partial charge in [0.05, 0.1) is 0 Å². The predicted octanol–water partition coefficient (Wildman–Crippen LogP) is -2.20. The van der Waals surface area contributed by atoms with E-state index in [0.29, 0.717) is 6.42 Å². The Bertz CT molecular complexity index is 100. The molecule has 58 valence electrons. The first-order chi connectivity index (χ1) is 3.66. The molecule has 0 aliphatic rings. The van der Waals surface area contributed by atoms with Gasteiger partial charge in [-0.15, -0.1) is 0 Å². The van der Waals surface area contributed by atoms with Crippen molar-refractivity contribution < 1.29 is 21.6 Å². The summed E-state index contributed by atoms with van der Waals surface area (Å²) in [5.74, 6) is 0. The fraction of sp³-hybridized carbons (Fsp3) is 1.00. The van der Waals surface area contributed by atoms with Crippen LogP contribution in [0.15, 0.2) is 0 Å². The van der Waals surface area contributed by atoms with Gasteiger partial charge in [0.25, 0.3) is 0 Å². The van der Waals surface area contributed by atoms with Gasteiger partial charge in [-0.3, -0.25) is 4.46 Å². The third-order valence-electron chi connectivity index (χ3n) is 0.586. The zero-order chi connectivity index (χ0) is 6.57. The standard InChI is InChI=1S/C3H8O4Si.Al.Mg.5H/c1-2-3(4)7-8(5)6;;;;;;;/h3-5H,2H2,1H3;;;;;;;/q;;+2;;;;2*-1. The molecule has 0 radical (unpaired) electrons. The molecule has 0 aromatic rings. The topological polar surface area (TPSA) is 66.8 Å². The third kappa shape index (κ3) is 11.6. The van der Waals surface area contributed by atoms with Crippen molar-refractivity contribution in [2.45, 2.75) is 19.6 Å². The molecular formula is C3H13AlMgO4Si. The molecule has 0 aromatic carbocycles. The Kier molecular flexibility index (Phi) is 16.9. The molecule has 0 saturated heterocycles. The number of aliphatic hydroxyl groups excluding tert-OH is 1. The SMILES string of the molecule is CCC(O)O[Si](=O)O.[AlH3].[H-].[H-].[Mg+2]. The van der Waals surface area contributed by atoms with E-state index in [1.807, 2.05) is 0 Å². The second-order valence-corrected chi connectivity index (χ2v) is 2.01. The Morgan fingerprint density at radius 1 is 1.80 bits per heavy atom. The summed E-state index contributed by atoms with van der Waals surface area (Å²) in [5.41, 5.74) is 0. The van der Waals surface area contributed by atoms with Crippen molar-refractivity contribution in [3.8, 4) is 0 Å². The first-order valence-corrected chi connectivity index (χ1v) is 3.50. The van der Waals surface area contributed by atoms with Crippen LogP contribution in [0.5, 0.6) is 0 Å². The van der Waals surface area contributed by atoms with Gasteiger partial charge < -0.3 is 17.2 Å². The van der Waals surface area contributed by atoms with Gasteiger partial charge in [0.2, 0.25) is 0 Å². The maximum atomic E-state index is 9.77. The second-order valence-electron chi connectivity index (χ2n) is 1.25. The molecule has 0 aromatic heterocycles. The molecule has 0 heterocycles. The van der Waals surface area contributed by atoms with Crippen LogP contribution < -0.4 is 0 Å². The summed E-state index contributed by atoms with van der Waals surface area (Å²) in [4.78, 5) is 8.02. The Hall–Kier alpha value is 0.876. The minimum atomic E-state index is -2.95. The smallest absolute Gasteiger partial charge is 1.00 e. The zero-order valence-electron chi connectivity index (χ0n) is 7.20. The maximum absolute atomic E-state index is 9.77. The average molecular weight is 193 g/mol. The van der Waals surface area contributed by atoms with Crippen molar-refractivity contribution in [2.24, 2.45) is 0 Å². The van der Waals surface area contributed by atoms with Gasteiger partial charge in [-0.1, -0.05) is 6.92 Å². The molecule has 0 bridgehead atoms. The molecule has 4 nitrogen and oxygen atoms in total. The Balaban J connectivity index is -0.0000000408. The Labute approximate surface area is 90.7 Å². The summed E-state index contributed by atoms with van der Waals surface area (Å²) in [7, 11) is -2.95. The summed E-state index contributed by atoms with van der Waals surface area (Å²) in [6.07, 6.45) is -0.761. The summed E-state index contributed by atoms with van der Waals surface area (Å²) < 4.78 is 13.8. The van der Waals surface area contributed by atoms with Crippen molar-refractivity contribution in [3.63, 3.8) is 0 Å². The summed E-state index contributed by atoms with van der Waals surface area (Å²) >= 11 is 0. The average Bonchev–Trinajstić information content (AvgIpc) is 1.65. The van der Waals surface area contributed by atoms with E-state index in [2.05, 4.69) is 4.43 Å². The van der Waals surface area contributed by atoms with E-state index in [4.69, 9.17) is 9.90 Å². The van der Waals surface area contributed by atoms with E-state index >= 15 is 0 Å². The summed E-state index contributed by atoms with van der Waals surface area (Å²) in [6, 6.07) is 0. The number of hydrogen-bond donors (Lipinski definition) is 2. The molecule has 0 aliphatic carbocycles. The van der Waals surface area contributed by atoms with Crippen molar-refractivity contribution in [1.29, 1.82) is 0 Å². The molecule has 0 fully saturated rings. The van der Waals surface area contributed by atoms with Crippen LogP contribution in [0.3, 0.4) is 0 Å². The quantitative estimate of drug-likeness (QED) is 0.393. The van der Waals surface area contributed by atoms with Crippen molar-refractivity contribution in [2.75, 3.05) is 0 Å². The van der Waals surface area contributed by atoms with Crippen LogP contribution in [0.25, 0.3) is 0 Å². The van der Waals surface area contributed by atoms with Crippen LogP contribution in [0, 0.1) is 0 Å². The van der Waals surface area contributed by atoms with Crippen LogP contribution in [0.1, 0.15) is 16.2 Å². The van der Waals surface area contributed by atoms with Crippen LogP contribution in [0.2, 0.25) is 0 Å². The van der Waals surface area contributed by atoms with Gasteiger partial charge >= 0.3 is 32.2 Å². The van der Waals surface area contributed by atoms with Gasteiger partial charge in [0.15, 0.2) is 23.7 Å². The van der Waals surface area contributed by atoms with Crippen LogP contribution >= 0.6 is 0 Å². The molecule has 0 rings (SSSR count). The molecule has 0 aliphatic heterocycles. The molecule has 0 saturated carbocycles. The molecule has 1 atom stereocenters. The predicted molar refractivity (Wildman–Crippen MR) is 44.0 cm³/mol. The molecule has 10 heavy (non-hydrogen) atoms. The normalized spacial score (nSPS) is 10.2. The molecule has 0 spiro atoms. The summed E-state index contributed by atoms with van der Waals surface area (Å²) in [5, 5.41) is 8.47. The first kappa shape index (κ1) is 17.1. The van der Waals surface area contributed by atoms with E-state index in [1.165, 1.54) is 0 Å². The number of aliphatic hydroxyl groups is 1. The molecule has 2 N–H and O–H groups in total. The summed E-state index contributed by atoms with van der Waals surface area (Å²) in [6.45, 7) is 1.65. The van der Waals surface area contributed by atoms with Crippen molar-refractivity contribution in [3.05, 3.63) is 0 Å². The van der Waals surface area contributed by atoms with E-state index in [-0.39, 0.29) is 43.3 Å². The third-order valence-corrected chi connectivity index (χ3v) is 1.06. The molecule has 7 heteroatoms. The van der Waals surface area contributed by atoms with Crippen LogP contribution in [-0.2, 0) is 8.89 Å². The Morgan fingerprint density at radius 2 is 2.20 bits per heavy atom. The van der Waals surface area contributed by atoms with E-state index in [1.54, 1.807) is 6.92 Å². The fourth-order valence-corrected chi connectivity index (χ4v) is 0.599. The minimum absolute atomic E-state index is 0. The van der Waals surface area contributed by atoms with Gasteiger partial charge in [-0.25, -0.2) is 0 Å². The first-order valence-electron chi connectivity index (χ1n) is 2.24. The number of rotatable bonds is 3. The van der Waals surface area contributed by atoms with E-state index in [0.717, 1.165) is 0 Å². The van der Waals surface area contributed by atoms with Gasteiger partial charge in [0.1, 0.15) is 0 Å². The van der Waals surface area contributed by atoms with E-state index < -0.39 is 15.5 Å². The number of hydrogen-bond acceptors (Lipinski definition) is 3. The van der Waals surface area contributed by atoms with Gasteiger partial charge in [-0.2, -0.15) is 0 Å². The molecular weight excluding hydrogens is 179 g/mol. The zero-order valence-corrected chi connectivity index (χ0v) is 7.62. The second kappa shape index (κ2) is 9.88. The van der Waals surface area contributed by atoms with Crippen molar-refractivity contribution in [1.82, 2.24) is 0 Å². The molecule has 1 unspecified atom stereocenters. The van der Waals surface area contributed by atoms with Crippen molar-refractivity contribution >= 4 is 49.6 Å². The monoisotopic (exact) mass is 192 g/mol. The van der Waals surface area contributed by atoms with Gasteiger partial charge in [-0.05, 0) is 0 Å². The Morgan fingerprint density at radius 3 is 2.30 bits per heavy atom.